The van der Waals surface area contributed by atoms with Crippen molar-refractivity contribution in [3.8, 4) is 12.3 Å². The van der Waals surface area contributed by atoms with Crippen molar-refractivity contribution in [2.45, 2.75) is 5.16 Å². The van der Waals surface area contributed by atoms with Gasteiger partial charge < -0.3 is 0 Å². The number of nitrogens with zero attached hydrogens (tertiary/aromatic N) is 2. The molecule has 0 aliphatic rings. The van der Waals surface area contributed by atoms with Crippen LogP contribution in [0, 0.1) is 12.3 Å². The van der Waals surface area contributed by atoms with Crippen molar-refractivity contribution in [1.29, 1.82) is 0 Å². The number of carbonyl (C=O) groups is 1. The summed E-state index contributed by atoms with van der Waals surface area (Å²) >= 11 is 7.24. The van der Waals surface area contributed by atoms with Gasteiger partial charge in [0.25, 0.3) is 5.91 Å². The zero-order valence-electron chi connectivity index (χ0n) is 12.6. The van der Waals surface area contributed by atoms with Crippen LogP contribution in [0.4, 0.5) is 0 Å². The predicted molar refractivity (Wildman–Crippen MR) is 100 cm³/mol. The first-order chi connectivity index (χ1) is 11.7. The molecule has 0 atom stereocenters. The van der Waals surface area contributed by atoms with Crippen molar-refractivity contribution in [2.24, 2.45) is 0 Å². The second kappa shape index (κ2) is 7.39. The Morgan fingerprint density at radius 2 is 2.00 bits per heavy atom. The van der Waals surface area contributed by atoms with E-state index >= 15 is 0 Å². The largest absolute Gasteiger partial charge is 0.269 e. The van der Waals surface area contributed by atoms with Crippen molar-refractivity contribution >= 4 is 46.4 Å². The molecule has 0 spiro atoms. The van der Waals surface area contributed by atoms with Gasteiger partial charge in [-0.1, -0.05) is 53.5 Å². The molecule has 24 heavy (non-hydrogen) atoms. The maximum Gasteiger partial charge on any atom is 0.257 e. The lowest BCUT2D eigenvalue weighted by Gasteiger charge is -2.03. The Kier molecular flexibility index (Phi) is 5.05. The van der Waals surface area contributed by atoms with E-state index in [1.807, 2.05) is 36.4 Å². The molecule has 118 valence electrons. The van der Waals surface area contributed by atoms with Crippen LogP contribution < -0.4 is 0 Å². The molecule has 3 aromatic rings. The molecule has 2 aromatic carbocycles. The third kappa shape index (κ3) is 3.53. The van der Waals surface area contributed by atoms with Gasteiger partial charge in [0.2, 0.25) is 0 Å². The van der Waals surface area contributed by atoms with E-state index in [4.69, 9.17) is 18.0 Å². The highest BCUT2D eigenvalue weighted by atomic mass is 35.5. The molecule has 0 saturated carbocycles. The summed E-state index contributed by atoms with van der Waals surface area (Å²) in [5.74, 6) is 2.85. The summed E-state index contributed by atoms with van der Waals surface area (Å²) < 4.78 is 1.59. The van der Waals surface area contributed by atoms with Crippen LogP contribution >= 0.6 is 23.4 Å². The van der Waals surface area contributed by atoms with E-state index in [0.717, 1.165) is 16.6 Å². The average Bonchev–Trinajstić information content (AvgIpc) is 2.97. The predicted octanol–water partition coefficient (Wildman–Crippen LogP) is 4.77. The Morgan fingerprint density at radius 3 is 2.75 bits per heavy atom. The normalized spacial score (nSPS) is 11.0. The van der Waals surface area contributed by atoms with Crippen molar-refractivity contribution in [3.05, 3.63) is 65.2 Å². The molecular formula is C19H13ClN2OS. The molecule has 0 aliphatic heterocycles. The van der Waals surface area contributed by atoms with Crippen LogP contribution in [-0.2, 0) is 0 Å². The van der Waals surface area contributed by atoms with E-state index in [2.05, 4.69) is 10.9 Å². The average molecular weight is 353 g/mol. The van der Waals surface area contributed by atoms with Gasteiger partial charge in [0.05, 0.1) is 16.8 Å². The van der Waals surface area contributed by atoms with Crippen molar-refractivity contribution in [3.63, 3.8) is 0 Å². The van der Waals surface area contributed by atoms with E-state index in [1.54, 1.807) is 22.8 Å². The Balaban J connectivity index is 1.96. The van der Waals surface area contributed by atoms with Gasteiger partial charge in [-0.15, -0.1) is 6.42 Å². The number of thioether (sulfide) groups is 1. The molecule has 0 fully saturated rings. The second-order valence-electron chi connectivity index (χ2n) is 4.93. The standard InChI is InChI=1S/C19H13ClN2OS/c1-2-13-24-19-21-16-5-3-4-6-17(16)22(19)18(23)12-9-14-7-10-15(20)11-8-14/h1,3-12H,13H2/b12-9+. The number of allylic oxidation sites excluding steroid dienone is 1. The van der Waals surface area contributed by atoms with E-state index in [9.17, 15) is 4.79 Å². The molecule has 5 heteroatoms. The minimum absolute atomic E-state index is 0.168. The Bertz CT molecular complexity index is 952. The number of imidazole rings is 1. The lowest BCUT2D eigenvalue weighted by molar-refractivity contribution is 0.0965. The third-order valence-corrected chi connectivity index (χ3v) is 4.42. The molecular weight excluding hydrogens is 340 g/mol. The summed E-state index contributed by atoms with van der Waals surface area (Å²) in [4.78, 5) is 17.2. The summed E-state index contributed by atoms with van der Waals surface area (Å²) in [5, 5.41) is 1.26. The minimum Gasteiger partial charge on any atom is -0.269 e. The number of carbonyl (C=O) groups excluding carboxylic acids is 1. The summed E-state index contributed by atoms with van der Waals surface area (Å²) in [5.41, 5.74) is 2.43. The van der Waals surface area contributed by atoms with E-state index in [0.29, 0.717) is 15.9 Å². The molecule has 0 bridgehead atoms. The number of halogens is 1. The van der Waals surface area contributed by atoms with Crippen LogP contribution in [0.25, 0.3) is 17.1 Å². The fraction of sp³-hybridized carbons (Fsp3) is 0.0526. The highest BCUT2D eigenvalue weighted by Crippen LogP contribution is 2.24. The van der Waals surface area contributed by atoms with Crippen LogP contribution in [0.2, 0.25) is 5.02 Å². The number of hydrogen-bond acceptors (Lipinski definition) is 3. The number of fused-ring (bicyclic) bond motifs is 1. The zero-order chi connectivity index (χ0) is 16.9. The van der Waals surface area contributed by atoms with Crippen molar-refractivity contribution in [2.75, 3.05) is 5.75 Å². The van der Waals surface area contributed by atoms with E-state index in [-0.39, 0.29) is 5.91 Å². The topological polar surface area (TPSA) is 34.9 Å². The maximum absolute atomic E-state index is 12.7. The van der Waals surface area contributed by atoms with E-state index < -0.39 is 0 Å². The molecule has 0 N–H and O–H groups in total. The first-order valence-corrected chi connectivity index (χ1v) is 8.57. The Morgan fingerprint density at radius 1 is 1.25 bits per heavy atom. The van der Waals surface area contributed by atoms with Gasteiger partial charge in [-0.3, -0.25) is 9.36 Å². The second-order valence-corrected chi connectivity index (χ2v) is 6.31. The van der Waals surface area contributed by atoms with Crippen LogP contribution in [0.3, 0.4) is 0 Å². The first kappa shape index (κ1) is 16.4. The Hall–Kier alpha value is -2.48. The van der Waals surface area contributed by atoms with Gasteiger partial charge in [0.15, 0.2) is 5.16 Å². The van der Waals surface area contributed by atoms with Gasteiger partial charge >= 0.3 is 0 Å². The zero-order valence-corrected chi connectivity index (χ0v) is 14.2. The monoisotopic (exact) mass is 352 g/mol. The van der Waals surface area contributed by atoms with Gasteiger partial charge in [0, 0.05) is 11.1 Å². The highest BCUT2D eigenvalue weighted by Gasteiger charge is 2.14. The summed E-state index contributed by atoms with van der Waals surface area (Å²) in [7, 11) is 0. The van der Waals surface area contributed by atoms with Gasteiger partial charge in [-0.2, -0.15) is 0 Å². The molecule has 1 aromatic heterocycles. The number of hydrogen-bond donors (Lipinski definition) is 0. The highest BCUT2D eigenvalue weighted by molar-refractivity contribution is 7.99. The van der Waals surface area contributed by atoms with Crippen molar-refractivity contribution < 1.29 is 4.79 Å². The first-order valence-electron chi connectivity index (χ1n) is 7.21. The van der Waals surface area contributed by atoms with E-state index in [1.165, 1.54) is 17.8 Å². The molecule has 0 aliphatic carbocycles. The molecule has 0 amide bonds. The molecule has 0 radical (unpaired) electrons. The van der Waals surface area contributed by atoms with Crippen LogP contribution in [0.5, 0.6) is 0 Å². The molecule has 3 nitrogen and oxygen atoms in total. The number of benzene rings is 2. The number of rotatable bonds is 4. The van der Waals surface area contributed by atoms with Crippen LogP contribution in [0.15, 0.2) is 59.8 Å². The summed E-state index contributed by atoms with van der Waals surface area (Å²) in [6.45, 7) is 0. The molecule has 0 saturated heterocycles. The van der Waals surface area contributed by atoms with Gasteiger partial charge in [0.1, 0.15) is 0 Å². The lowest BCUT2D eigenvalue weighted by atomic mass is 10.2. The van der Waals surface area contributed by atoms with Crippen LogP contribution in [-0.4, -0.2) is 21.2 Å². The SMILES string of the molecule is C#CCSc1nc2ccccc2n1C(=O)/C=C/c1ccc(Cl)cc1. The smallest absolute Gasteiger partial charge is 0.257 e. The van der Waals surface area contributed by atoms with Crippen molar-refractivity contribution in [1.82, 2.24) is 9.55 Å². The molecule has 0 unspecified atom stereocenters. The number of aromatic nitrogens is 2. The maximum atomic E-state index is 12.7. The third-order valence-electron chi connectivity index (χ3n) is 3.32. The molecule has 3 rings (SSSR count). The number of terminal acetylenes is 1. The number of para-hydroxylation sites is 2. The molecule has 1 heterocycles. The fourth-order valence-corrected chi connectivity index (χ4v) is 3.05. The quantitative estimate of drug-likeness (QED) is 0.385. The summed E-state index contributed by atoms with van der Waals surface area (Å²) in [6, 6.07) is 14.8. The van der Waals surface area contributed by atoms with Crippen LogP contribution in [0.1, 0.15) is 10.4 Å². The summed E-state index contributed by atoms with van der Waals surface area (Å²) in [6.07, 6.45) is 8.60. The fourth-order valence-electron chi connectivity index (χ4n) is 2.24. The minimum atomic E-state index is -0.168. The van der Waals surface area contributed by atoms with Gasteiger partial charge in [-0.05, 0) is 35.9 Å². The Labute approximate surface area is 149 Å². The lowest BCUT2D eigenvalue weighted by Crippen LogP contribution is -2.08. The van der Waals surface area contributed by atoms with Gasteiger partial charge in [-0.25, -0.2) is 4.98 Å².